The number of ketones is 1. The molecule has 0 radical (unpaired) electrons. The molecular formula is C11H13ClO3S. The van der Waals surface area contributed by atoms with E-state index in [1.165, 1.54) is 19.1 Å². The lowest BCUT2D eigenvalue weighted by Crippen LogP contribution is -2.10. The van der Waals surface area contributed by atoms with Gasteiger partial charge in [0.1, 0.15) is 5.78 Å². The van der Waals surface area contributed by atoms with Gasteiger partial charge in [-0.2, -0.15) is 0 Å². The molecule has 0 N–H and O–H groups in total. The Morgan fingerprint density at radius 2 is 2.00 bits per heavy atom. The van der Waals surface area contributed by atoms with Gasteiger partial charge in [0.05, 0.1) is 10.6 Å². The number of carbonyl (C=O) groups excluding carboxylic acids is 1. The number of benzene rings is 1. The van der Waals surface area contributed by atoms with Crippen molar-refractivity contribution in [1.82, 2.24) is 0 Å². The second-order valence-corrected chi connectivity index (χ2v) is 6.20. The van der Waals surface area contributed by atoms with E-state index in [2.05, 4.69) is 0 Å². The Labute approximate surface area is 100 Å². The van der Waals surface area contributed by atoms with Crippen LogP contribution in [0.15, 0.2) is 23.1 Å². The van der Waals surface area contributed by atoms with Crippen LogP contribution >= 0.6 is 11.6 Å². The zero-order valence-corrected chi connectivity index (χ0v) is 10.7. The number of sulfone groups is 1. The molecule has 0 unspecified atom stereocenters. The fourth-order valence-corrected chi connectivity index (χ4v) is 2.75. The van der Waals surface area contributed by atoms with Crippen LogP contribution in [-0.4, -0.2) is 20.0 Å². The molecule has 0 aliphatic heterocycles. The predicted molar refractivity (Wildman–Crippen MR) is 63.5 cm³/mol. The van der Waals surface area contributed by atoms with Crippen LogP contribution in [-0.2, 0) is 14.6 Å². The van der Waals surface area contributed by atoms with Gasteiger partial charge in [-0.15, -0.1) is 0 Å². The third kappa shape index (κ3) is 3.32. The Bertz CT molecular complexity index is 506. The van der Waals surface area contributed by atoms with E-state index in [0.717, 1.165) is 0 Å². The van der Waals surface area contributed by atoms with E-state index in [0.29, 0.717) is 10.6 Å². The van der Waals surface area contributed by atoms with Gasteiger partial charge in [-0.3, -0.25) is 4.79 Å². The topological polar surface area (TPSA) is 51.2 Å². The summed E-state index contributed by atoms with van der Waals surface area (Å²) in [5.41, 5.74) is 0.713. The minimum atomic E-state index is -3.37. The van der Waals surface area contributed by atoms with Gasteiger partial charge in [0.2, 0.25) is 0 Å². The molecule has 0 bridgehead atoms. The Balaban J connectivity index is 2.99. The second-order valence-electron chi connectivity index (χ2n) is 3.68. The Hall–Kier alpha value is -0.870. The third-order valence-corrected chi connectivity index (χ3v) is 4.35. The van der Waals surface area contributed by atoms with E-state index in [4.69, 9.17) is 11.6 Å². The molecule has 88 valence electrons. The fourth-order valence-electron chi connectivity index (χ4n) is 1.21. The van der Waals surface area contributed by atoms with E-state index in [1.54, 1.807) is 13.0 Å². The highest BCUT2D eigenvalue weighted by atomic mass is 35.5. The summed E-state index contributed by atoms with van der Waals surface area (Å²) < 4.78 is 23.6. The lowest BCUT2D eigenvalue weighted by molar-refractivity contribution is -0.116. The number of aryl methyl sites for hydroxylation is 1. The standard InChI is InChI=1S/C11H13ClO3S/c1-8-7-10(3-4-11(8)12)16(14,15)6-5-9(2)13/h3-4,7H,5-6H2,1-2H3. The summed E-state index contributed by atoms with van der Waals surface area (Å²) in [6, 6.07) is 4.54. The van der Waals surface area contributed by atoms with Gasteiger partial charge >= 0.3 is 0 Å². The molecule has 0 heterocycles. The molecule has 0 saturated carbocycles. The van der Waals surface area contributed by atoms with E-state index in [-0.39, 0.29) is 22.9 Å². The van der Waals surface area contributed by atoms with Crippen LogP contribution in [0.4, 0.5) is 0 Å². The van der Waals surface area contributed by atoms with E-state index >= 15 is 0 Å². The second kappa shape index (κ2) is 4.97. The summed E-state index contributed by atoms with van der Waals surface area (Å²) in [5, 5.41) is 0.533. The van der Waals surface area contributed by atoms with Gasteiger partial charge in [-0.1, -0.05) is 11.6 Å². The molecule has 0 amide bonds. The van der Waals surface area contributed by atoms with Gasteiger partial charge in [0.25, 0.3) is 0 Å². The highest BCUT2D eigenvalue weighted by Gasteiger charge is 2.15. The van der Waals surface area contributed by atoms with Gasteiger partial charge in [-0.25, -0.2) is 8.42 Å². The van der Waals surface area contributed by atoms with Crippen molar-refractivity contribution in [3.63, 3.8) is 0 Å². The van der Waals surface area contributed by atoms with Crippen LogP contribution in [0.1, 0.15) is 18.9 Å². The molecule has 0 spiro atoms. The molecule has 1 rings (SSSR count). The van der Waals surface area contributed by atoms with Crippen molar-refractivity contribution < 1.29 is 13.2 Å². The van der Waals surface area contributed by atoms with E-state index in [9.17, 15) is 13.2 Å². The van der Waals surface area contributed by atoms with Gasteiger partial charge in [-0.05, 0) is 37.6 Å². The van der Waals surface area contributed by atoms with Crippen molar-refractivity contribution in [2.45, 2.75) is 25.2 Å². The first-order valence-electron chi connectivity index (χ1n) is 4.81. The zero-order chi connectivity index (χ0) is 12.3. The lowest BCUT2D eigenvalue weighted by atomic mass is 10.2. The number of hydrogen-bond donors (Lipinski definition) is 0. The summed E-state index contributed by atoms with van der Waals surface area (Å²) in [6.07, 6.45) is 0.0456. The van der Waals surface area contributed by atoms with Crippen molar-refractivity contribution in [3.8, 4) is 0 Å². The maximum Gasteiger partial charge on any atom is 0.178 e. The largest absolute Gasteiger partial charge is 0.300 e. The minimum absolute atomic E-state index is 0.0456. The quantitative estimate of drug-likeness (QED) is 0.835. The van der Waals surface area contributed by atoms with E-state index < -0.39 is 9.84 Å². The van der Waals surface area contributed by atoms with Gasteiger partial charge in [0.15, 0.2) is 9.84 Å². The highest BCUT2D eigenvalue weighted by Crippen LogP contribution is 2.20. The van der Waals surface area contributed by atoms with Gasteiger partial charge in [0, 0.05) is 11.4 Å². The summed E-state index contributed by atoms with van der Waals surface area (Å²) in [7, 11) is -3.37. The van der Waals surface area contributed by atoms with Crippen molar-refractivity contribution in [2.75, 3.05) is 5.75 Å². The Morgan fingerprint density at radius 3 is 2.50 bits per heavy atom. The first-order valence-corrected chi connectivity index (χ1v) is 6.84. The van der Waals surface area contributed by atoms with Crippen molar-refractivity contribution >= 4 is 27.2 Å². The molecule has 0 saturated heterocycles. The predicted octanol–water partition coefficient (Wildman–Crippen LogP) is 2.40. The molecule has 1 aromatic carbocycles. The van der Waals surface area contributed by atoms with Crippen LogP contribution in [0.25, 0.3) is 0 Å². The third-order valence-electron chi connectivity index (χ3n) is 2.21. The normalized spacial score (nSPS) is 11.4. The Kier molecular flexibility index (Phi) is 4.10. The molecular weight excluding hydrogens is 248 g/mol. The van der Waals surface area contributed by atoms with Crippen molar-refractivity contribution in [1.29, 1.82) is 0 Å². The van der Waals surface area contributed by atoms with Crippen LogP contribution in [0, 0.1) is 6.92 Å². The molecule has 0 aliphatic rings. The SMILES string of the molecule is CC(=O)CCS(=O)(=O)c1ccc(Cl)c(C)c1. The molecule has 0 fully saturated rings. The first-order chi connectivity index (χ1) is 7.33. The molecule has 0 aliphatic carbocycles. The summed E-state index contributed by atoms with van der Waals surface area (Å²) in [5.74, 6) is -0.280. The van der Waals surface area contributed by atoms with Crippen LogP contribution in [0.5, 0.6) is 0 Å². The average molecular weight is 261 g/mol. The van der Waals surface area contributed by atoms with Crippen LogP contribution < -0.4 is 0 Å². The molecule has 3 nitrogen and oxygen atoms in total. The number of Topliss-reactive ketones (excluding diaryl/α,β-unsaturated/α-hetero) is 1. The summed E-state index contributed by atoms with van der Waals surface area (Å²) >= 11 is 5.81. The molecule has 0 atom stereocenters. The maximum absolute atomic E-state index is 11.8. The number of hydrogen-bond acceptors (Lipinski definition) is 3. The van der Waals surface area contributed by atoms with Crippen molar-refractivity contribution in [3.05, 3.63) is 28.8 Å². The molecule has 0 aromatic heterocycles. The first kappa shape index (κ1) is 13.2. The smallest absolute Gasteiger partial charge is 0.178 e. The van der Waals surface area contributed by atoms with Crippen molar-refractivity contribution in [2.24, 2.45) is 0 Å². The fraction of sp³-hybridized carbons (Fsp3) is 0.364. The molecule has 5 heteroatoms. The zero-order valence-electron chi connectivity index (χ0n) is 9.16. The van der Waals surface area contributed by atoms with Crippen LogP contribution in [0.2, 0.25) is 5.02 Å². The van der Waals surface area contributed by atoms with Crippen LogP contribution in [0.3, 0.4) is 0 Å². The highest BCUT2D eigenvalue weighted by molar-refractivity contribution is 7.91. The summed E-state index contributed by atoms with van der Waals surface area (Å²) in [6.45, 7) is 3.12. The lowest BCUT2D eigenvalue weighted by Gasteiger charge is -2.05. The number of halogens is 1. The maximum atomic E-state index is 11.8. The van der Waals surface area contributed by atoms with Gasteiger partial charge < -0.3 is 0 Å². The van der Waals surface area contributed by atoms with E-state index in [1.807, 2.05) is 0 Å². The number of rotatable bonds is 4. The molecule has 1 aromatic rings. The minimum Gasteiger partial charge on any atom is -0.300 e. The Morgan fingerprint density at radius 1 is 1.38 bits per heavy atom. The number of carbonyl (C=O) groups is 1. The summed E-state index contributed by atoms with van der Waals surface area (Å²) in [4.78, 5) is 11.0. The average Bonchev–Trinajstić information content (AvgIpc) is 2.19. The monoisotopic (exact) mass is 260 g/mol. The molecule has 16 heavy (non-hydrogen) atoms.